The number of carbonyl (C=O) groups is 1. The van der Waals surface area contributed by atoms with E-state index in [-0.39, 0.29) is 5.92 Å². The number of carboxylic acids is 1. The maximum atomic E-state index is 11.8. The summed E-state index contributed by atoms with van der Waals surface area (Å²) in [6.45, 7) is 3.77. The van der Waals surface area contributed by atoms with Gasteiger partial charge in [-0.05, 0) is 13.0 Å². The highest BCUT2D eigenvalue weighted by Gasteiger charge is 2.50. The minimum absolute atomic E-state index is 0.361. The van der Waals surface area contributed by atoms with Gasteiger partial charge in [0.05, 0.1) is 12.7 Å². The lowest BCUT2D eigenvalue weighted by Crippen LogP contribution is -2.49. The van der Waals surface area contributed by atoms with Crippen molar-refractivity contribution in [3.05, 3.63) is 29.8 Å². The molecule has 1 heterocycles. The summed E-state index contributed by atoms with van der Waals surface area (Å²) in [5.41, 5.74) is -0.402. The van der Waals surface area contributed by atoms with Gasteiger partial charge >= 0.3 is 5.97 Å². The van der Waals surface area contributed by atoms with Crippen molar-refractivity contribution in [1.82, 2.24) is 0 Å². The van der Waals surface area contributed by atoms with Gasteiger partial charge in [-0.25, -0.2) is 0 Å². The van der Waals surface area contributed by atoms with Gasteiger partial charge in [0.25, 0.3) is 0 Å². The summed E-state index contributed by atoms with van der Waals surface area (Å²) in [4.78, 5) is 11.8. The second-order valence-corrected chi connectivity index (χ2v) is 4.90. The van der Waals surface area contributed by atoms with E-state index in [1.165, 1.54) is 0 Å². The minimum atomic E-state index is -1.07. The Morgan fingerprint density at radius 3 is 2.67 bits per heavy atom. The van der Waals surface area contributed by atoms with Crippen molar-refractivity contribution >= 4 is 5.97 Å². The number of aliphatic hydroxyl groups is 1. The third-order valence-electron chi connectivity index (χ3n) is 4.00. The van der Waals surface area contributed by atoms with Gasteiger partial charge in [-0.3, -0.25) is 4.79 Å². The fraction of sp³-hybridized carbons (Fsp3) is 0.500. The standard InChI is InChI=1S/C14H18O4/c1-9(10(2)15)14(13(16)17)7-8-18-12-6-4-3-5-11(12)14/h3-6,9-10,15H,7-8H2,1-2H3,(H,16,17). The molecule has 4 nitrogen and oxygen atoms in total. The molecule has 18 heavy (non-hydrogen) atoms. The van der Waals surface area contributed by atoms with Crippen molar-refractivity contribution in [3.63, 3.8) is 0 Å². The first kappa shape index (κ1) is 12.9. The molecule has 3 unspecified atom stereocenters. The third-order valence-corrected chi connectivity index (χ3v) is 4.00. The summed E-state index contributed by atoms with van der Waals surface area (Å²) in [5.74, 6) is -0.662. The normalized spacial score (nSPS) is 25.7. The predicted octanol–water partition coefficient (Wildman–Crippen LogP) is 1.81. The quantitative estimate of drug-likeness (QED) is 0.858. The fourth-order valence-electron chi connectivity index (χ4n) is 2.72. The molecule has 1 aliphatic heterocycles. The summed E-state index contributed by atoms with van der Waals surface area (Å²) < 4.78 is 5.51. The first-order valence-corrected chi connectivity index (χ1v) is 6.14. The number of carboxylic acid groups (broad SMARTS) is 1. The van der Waals surface area contributed by atoms with Crippen LogP contribution in [0.15, 0.2) is 24.3 Å². The van der Waals surface area contributed by atoms with Crippen LogP contribution in [0.4, 0.5) is 0 Å². The molecular formula is C14H18O4. The van der Waals surface area contributed by atoms with Crippen LogP contribution >= 0.6 is 0 Å². The molecule has 0 aliphatic carbocycles. The SMILES string of the molecule is CC(O)C(C)C1(C(=O)O)CCOc2ccccc21. The molecule has 3 atom stereocenters. The molecule has 0 saturated carbocycles. The topological polar surface area (TPSA) is 66.8 Å². The van der Waals surface area contributed by atoms with E-state index in [1.54, 1.807) is 32.0 Å². The molecule has 2 rings (SSSR count). The molecule has 0 saturated heterocycles. The molecule has 1 aromatic carbocycles. The molecule has 98 valence electrons. The Hall–Kier alpha value is -1.55. The van der Waals surface area contributed by atoms with Gasteiger partial charge in [0.15, 0.2) is 0 Å². The Labute approximate surface area is 106 Å². The molecule has 1 aromatic rings. The van der Waals surface area contributed by atoms with Gasteiger partial charge in [-0.1, -0.05) is 25.1 Å². The van der Waals surface area contributed by atoms with Gasteiger partial charge in [0.2, 0.25) is 0 Å². The largest absolute Gasteiger partial charge is 0.493 e. The Morgan fingerprint density at radius 1 is 1.39 bits per heavy atom. The van der Waals surface area contributed by atoms with E-state index < -0.39 is 17.5 Å². The molecule has 0 fully saturated rings. The first-order chi connectivity index (χ1) is 8.50. The van der Waals surface area contributed by atoms with Gasteiger partial charge in [0, 0.05) is 17.9 Å². The molecule has 0 amide bonds. The van der Waals surface area contributed by atoms with E-state index in [2.05, 4.69) is 0 Å². The van der Waals surface area contributed by atoms with Crippen molar-refractivity contribution in [2.45, 2.75) is 31.8 Å². The number of benzene rings is 1. The zero-order valence-corrected chi connectivity index (χ0v) is 10.6. The number of hydrogen-bond acceptors (Lipinski definition) is 3. The number of ether oxygens (including phenoxy) is 1. The molecule has 0 spiro atoms. The minimum Gasteiger partial charge on any atom is -0.493 e. The van der Waals surface area contributed by atoms with Gasteiger partial charge in [-0.2, -0.15) is 0 Å². The zero-order chi connectivity index (χ0) is 13.3. The van der Waals surface area contributed by atoms with Crippen LogP contribution in [0.3, 0.4) is 0 Å². The highest BCUT2D eigenvalue weighted by molar-refractivity contribution is 5.83. The lowest BCUT2D eigenvalue weighted by atomic mass is 9.66. The molecule has 0 bridgehead atoms. The Morgan fingerprint density at radius 2 is 2.06 bits per heavy atom. The van der Waals surface area contributed by atoms with E-state index in [9.17, 15) is 15.0 Å². The zero-order valence-electron chi connectivity index (χ0n) is 10.6. The molecule has 2 N–H and O–H groups in total. The molecule has 1 aliphatic rings. The highest BCUT2D eigenvalue weighted by atomic mass is 16.5. The van der Waals surface area contributed by atoms with E-state index in [0.717, 1.165) is 0 Å². The van der Waals surface area contributed by atoms with Crippen molar-refractivity contribution < 1.29 is 19.7 Å². The maximum Gasteiger partial charge on any atom is 0.314 e. The van der Waals surface area contributed by atoms with E-state index in [4.69, 9.17) is 4.74 Å². The smallest absolute Gasteiger partial charge is 0.314 e. The first-order valence-electron chi connectivity index (χ1n) is 6.14. The summed E-state index contributed by atoms with van der Waals surface area (Å²) in [6.07, 6.45) is -0.307. The average molecular weight is 250 g/mol. The third kappa shape index (κ3) is 1.77. The van der Waals surface area contributed by atoms with Crippen LogP contribution < -0.4 is 4.74 Å². The second kappa shape index (κ2) is 4.61. The van der Waals surface area contributed by atoms with Gasteiger partial charge in [0.1, 0.15) is 11.2 Å². The van der Waals surface area contributed by atoms with Crippen LogP contribution in [0.5, 0.6) is 5.75 Å². The lowest BCUT2D eigenvalue weighted by molar-refractivity contribution is -0.149. The molecular weight excluding hydrogens is 232 g/mol. The highest BCUT2D eigenvalue weighted by Crippen LogP contribution is 2.45. The summed E-state index contributed by atoms with van der Waals surface area (Å²) in [5, 5.41) is 19.5. The molecule has 4 heteroatoms. The summed E-state index contributed by atoms with van der Waals surface area (Å²) in [6, 6.07) is 7.19. The van der Waals surface area contributed by atoms with Crippen molar-refractivity contribution in [1.29, 1.82) is 0 Å². The van der Waals surface area contributed by atoms with E-state index in [0.29, 0.717) is 24.3 Å². The fourth-order valence-corrected chi connectivity index (χ4v) is 2.72. The lowest BCUT2D eigenvalue weighted by Gasteiger charge is -2.40. The van der Waals surface area contributed by atoms with Crippen molar-refractivity contribution in [2.24, 2.45) is 5.92 Å². The van der Waals surface area contributed by atoms with Crippen LogP contribution in [-0.4, -0.2) is 28.9 Å². The Bertz CT molecular complexity index is 455. The van der Waals surface area contributed by atoms with Crippen molar-refractivity contribution in [3.8, 4) is 5.75 Å². The van der Waals surface area contributed by atoms with Gasteiger partial charge < -0.3 is 14.9 Å². The Kier molecular flexibility index (Phi) is 3.30. The van der Waals surface area contributed by atoms with Crippen LogP contribution in [0.25, 0.3) is 0 Å². The average Bonchev–Trinajstić information content (AvgIpc) is 2.36. The van der Waals surface area contributed by atoms with Crippen LogP contribution in [0.2, 0.25) is 0 Å². The predicted molar refractivity (Wildman–Crippen MR) is 66.7 cm³/mol. The van der Waals surface area contributed by atoms with E-state index >= 15 is 0 Å². The number of para-hydroxylation sites is 1. The number of aliphatic carboxylic acids is 1. The maximum absolute atomic E-state index is 11.8. The Balaban J connectivity index is 2.60. The van der Waals surface area contributed by atoms with Crippen LogP contribution in [0.1, 0.15) is 25.8 Å². The number of aliphatic hydroxyl groups excluding tert-OH is 1. The molecule has 0 radical (unpaired) electrons. The number of hydrogen-bond donors (Lipinski definition) is 2. The van der Waals surface area contributed by atoms with Crippen molar-refractivity contribution in [2.75, 3.05) is 6.61 Å². The number of rotatable bonds is 3. The number of fused-ring (bicyclic) bond motifs is 1. The van der Waals surface area contributed by atoms with Crippen LogP contribution in [-0.2, 0) is 10.2 Å². The molecule has 0 aromatic heterocycles. The van der Waals surface area contributed by atoms with E-state index in [1.807, 2.05) is 6.07 Å². The second-order valence-electron chi connectivity index (χ2n) is 4.90. The monoisotopic (exact) mass is 250 g/mol. The summed E-state index contributed by atoms with van der Waals surface area (Å²) >= 11 is 0. The van der Waals surface area contributed by atoms with Crippen LogP contribution in [0, 0.1) is 5.92 Å². The summed E-state index contributed by atoms with van der Waals surface area (Å²) in [7, 11) is 0. The van der Waals surface area contributed by atoms with Gasteiger partial charge in [-0.15, -0.1) is 0 Å².